The lowest BCUT2D eigenvalue weighted by Crippen LogP contribution is -2.31. The van der Waals surface area contributed by atoms with Crippen molar-refractivity contribution in [1.82, 2.24) is 5.32 Å². The standard InChI is InChI=1S/C14H21N3O2/c1-2-8-19-12-5-3-4-11(14(12)15)16-9-10-6-7-13(18)17-10/h3-5,10,16H,2,6-9,15H2,1H3,(H,17,18). The van der Waals surface area contributed by atoms with E-state index in [1.165, 1.54) is 0 Å². The average Bonchev–Trinajstić information content (AvgIpc) is 2.82. The van der Waals surface area contributed by atoms with E-state index in [1.807, 2.05) is 18.2 Å². The summed E-state index contributed by atoms with van der Waals surface area (Å²) in [6.45, 7) is 3.40. The van der Waals surface area contributed by atoms with Crippen LogP contribution >= 0.6 is 0 Å². The number of anilines is 2. The zero-order valence-corrected chi connectivity index (χ0v) is 11.2. The maximum atomic E-state index is 11.1. The molecule has 0 spiro atoms. The molecular weight excluding hydrogens is 242 g/mol. The van der Waals surface area contributed by atoms with Crippen molar-refractivity contribution in [3.8, 4) is 5.75 Å². The van der Waals surface area contributed by atoms with E-state index in [2.05, 4.69) is 17.6 Å². The molecule has 1 unspecified atom stereocenters. The van der Waals surface area contributed by atoms with E-state index in [-0.39, 0.29) is 11.9 Å². The van der Waals surface area contributed by atoms with Gasteiger partial charge in [0.15, 0.2) is 0 Å². The number of benzene rings is 1. The number of nitrogens with two attached hydrogens (primary N) is 1. The topological polar surface area (TPSA) is 76.4 Å². The quantitative estimate of drug-likeness (QED) is 0.683. The van der Waals surface area contributed by atoms with Crippen LogP contribution in [0.5, 0.6) is 5.75 Å². The van der Waals surface area contributed by atoms with Gasteiger partial charge in [0.2, 0.25) is 5.91 Å². The number of carbonyl (C=O) groups excluding carboxylic acids is 1. The minimum absolute atomic E-state index is 0.125. The van der Waals surface area contributed by atoms with E-state index in [4.69, 9.17) is 10.5 Å². The lowest BCUT2D eigenvalue weighted by atomic mass is 10.2. The van der Waals surface area contributed by atoms with Crippen LogP contribution in [0, 0.1) is 0 Å². The highest BCUT2D eigenvalue weighted by Gasteiger charge is 2.20. The molecule has 19 heavy (non-hydrogen) atoms. The molecule has 0 radical (unpaired) electrons. The Hall–Kier alpha value is -1.91. The van der Waals surface area contributed by atoms with Crippen molar-refractivity contribution >= 4 is 17.3 Å². The maximum absolute atomic E-state index is 11.1. The van der Waals surface area contributed by atoms with Crippen molar-refractivity contribution in [3.05, 3.63) is 18.2 Å². The monoisotopic (exact) mass is 263 g/mol. The second-order valence-electron chi connectivity index (χ2n) is 4.75. The average molecular weight is 263 g/mol. The molecule has 104 valence electrons. The molecule has 1 saturated heterocycles. The molecule has 1 aliphatic heterocycles. The number of para-hydroxylation sites is 1. The first kappa shape index (κ1) is 13.5. The van der Waals surface area contributed by atoms with Crippen LogP contribution in [0.1, 0.15) is 26.2 Å². The number of nitrogens with one attached hydrogen (secondary N) is 2. The Morgan fingerprint density at radius 1 is 1.53 bits per heavy atom. The minimum atomic E-state index is 0.125. The Bertz CT molecular complexity index is 448. The van der Waals surface area contributed by atoms with E-state index in [0.29, 0.717) is 31.0 Å². The fraction of sp³-hybridized carbons (Fsp3) is 0.500. The van der Waals surface area contributed by atoms with Gasteiger partial charge >= 0.3 is 0 Å². The van der Waals surface area contributed by atoms with Gasteiger partial charge in [0, 0.05) is 19.0 Å². The molecular formula is C14H21N3O2. The third-order valence-corrected chi connectivity index (χ3v) is 3.15. The molecule has 1 fully saturated rings. The molecule has 1 heterocycles. The first-order valence-electron chi connectivity index (χ1n) is 6.75. The predicted molar refractivity (Wildman–Crippen MR) is 76.3 cm³/mol. The van der Waals surface area contributed by atoms with Crippen molar-refractivity contribution in [2.45, 2.75) is 32.2 Å². The van der Waals surface area contributed by atoms with Crippen LogP contribution in [-0.2, 0) is 4.79 Å². The van der Waals surface area contributed by atoms with Crippen LogP contribution in [-0.4, -0.2) is 25.1 Å². The normalized spacial score (nSPS) is 18.2. The number of rotatable bonds is 6. The number of amides is 1. The molecule has 1 aromatic rings. The number of carbonyl (C=O) groups is 1. The molecule has 5 nitrogen and oxygen atoms in total. The van der Waals surface area contributed by atoms with Crippen LogP contribution in [0.25, 0.3) is 0 Å². The van der Waals surface area contributed by atoms with Crippen molar-refractivity contribution in [1.29, 1.82) is 0 Å². The number of hydrogen-bond acceptors (Lipinski definition) is 4. The minimum Gasteiger partial charge on any atom is -0.491 e. The van der Waals surface area contributed by atoms with Crippen molar-refractivity contribution in [3.63, 3.8) is 0 Å². The molecule has 1 aromatic carbocycles. The van der Waals surface area contributed by atoms with Gasteiger partial charge in [0.05, 0.1) is 18.0 Å². The maximum Gasteiger partial charge on any atom is 0.220 e. The van der Waals surface area contributed by atoms with Crippen LogP contribution in [0.3, 0.4) is 0 Å². The first-order valence-corrected chi connectivity index (χ1v) is 6.75. The van der Waals surface area contributed by atoms with Gasteiger partial charge in [-0.15, -0.1) is 0 Å². The van der Waals surface area contributed by atoms with E-state index in [9.17, 15) is 4.79 Å². The molecule has 0 aliphatic carbocycles. The highest BCUT2D eigenvalue weighted by atomic mass is 16.5. The van der Waals surface area contributed by atoms with Gasteiger partial charge in [-0.1, -0.05) is 13.0 Å². The zero-order chi connectivity index (χ0) is 13.7. The summed E-state index contributed by atoms with van der Waals surface area (Å²) < 4.78 is 5.58. The highest BCUT2D eigenvalue weighted by Crippen LogP contribution is 2.29. The molecule has 2 rings (SSSR count). The zero-order valence-electron chi connectivity index (χ0n) is 11.2. The van der Waals surface area contributed by atoms with Gasteiger partial charge in [-0.2, -0.15) is 0 Å². The predicted octanol–water partition coefficient (Wildman–Crippen LogP) is 1.75. The summed E-state index contributed by atoms with van der Waals surface area (Å²) in [7, 11) is 0. The smallest absolute Gasteiger partial charge is 0.220 e. The van der Waals surface area contributed by atoms with E-state index < -0.39 is 0 Å². The summed E-state index contributed by atoms with van der Waals surface area (Å²) in [5.41, 5.74) is 7.54. The van der Waals surface area contributed by atoms with Crippen LogP contribution in [0.2, 0.25) is 0 Å². The van der Waals surface area contributed by atoms with Gasteiger partial charge in [-0.05, 0) is 25.0 Å². The summed E-state index contributed by atoms with van der Waals surface area (Å²) in [6, 6.07) is 5.89. The van der Waals surface area contributed by atoms with Crippen LogP contribution < -0.4 is 21.1 Å². The van der Waals surface area contributed by atoms with Crippen LogP contribution in [0.4, 0.5) is 11.4 Å². The van der Waals surface area contributed by atoms with Crippen LogP contribution in [0.15, 0.2) is 18.2 Å². The third-order valence-electron chi connectivity index (χ3n) is 3.15. The lowest BCUT2D eigenvalue weighted by molar-refractivity contribution is -0.119. The second-order valence-corrected chi connectivity index (χ2v) is 4.75. The third kappa shape index (κ3) is 3.53. The summed E-state index contributed by atoms with van der Waals surface area (Å²) >= 11 is 0. The fourth-order valence-electron chi connectivity index (χ4n) is 2.10. The van der Waals surface area contributed by atoms with E-state index in [1.54, 1.807) is 0 Å². The first-order chi connectivity index (χ1) is 9.20. The Labute approximate surface area is 113 Å². The van der Waals surface area contributed by atoms with Gasteiger partial charge in [-0.3, -0.25) is 4.79 Å². The summed E-state index contributed by atoms with van der Waals surface area (Å²) in [4.78, 5) is 11.1. The second kappa shape index (κ2) is 6.31. The number of ether oxygens (including phenoxy) is 1. The van der Waals surface area contributed by atoms with E-state index >= 15 is 0 Å². The molecule has 4 N–H and O–H groups in total. The molecule has 1 aliphatic rings. The molecule has 0 bridgehead atoms. The molecule has 0 saturated carbocycles. The molecule has 0 aromatic heterocycles. The summed E-state index contributed by atoms with van der Waals surface area (Å²) in [5.74, 6) is 0.835. The molecule has 5 heteroatoms. The highest BCUT2D eigenvalue weighted by molar-refractivity contribution is 5.78. The van der Waals surface area contributed by atoms with Crippen molar-refractivity contribution in [2.75, 3.05) is 24.2 Å². The van der Waals surface area contributed by atoms with Gasteiger partial charge in [-0.25, -0.2) is 0 Å². The van der Waals surface area contributed by atoms with Crippen molar-refractivity contribution < 1.29 is 9.53 Å². The van der Waals surface area contributed by atoms with Gasteiger partial charge < -0.3 is 21.1 Å². The van der Waals surface area contributed by atoms with E-state index in [0.717, 1.165) is 18.5 Å². The van der Waals surface area contributed by atoms with Gasteiger partial charge in [0.25, 0.3) is 0 Å². The SMILES string of the molecule is CCCOc1cccc(NCC2CCC(=O)N2)c1N. The Morgan fingerprint density at radius 2 is 2.37 bits per heavy atom. The molecule has 1 atom stereocenters. The van der Waals surface area contributed by atoms with Crippen molar-refractivity contribution in [2.24, 2.45) is 0 Å². The van der Waals surface area contributed by atoms with Gasteiger partial charge in [0.1, 0.15) is 5.75 Å². The molecule has 1 amide bonds. The largest absolute Gasteiger partial charge is 0.491 e. The summed E-state index contributed by atoms with van der Waals surface area (Å²) in [5, 5.41) is 6.19. The Morgan fingerprint density at radius 3 is 3.05 bits per heavy atom. The summed E-state index contributed by atoms with van der Waals surface area (Å²) in [6.07, 6.45) is 2.43. The lowest BCUT2D eigenvalue weighted by Gasteiger charge is -2.16. The Balaban J connectivity index is 1.94. The fourth-order valence-corrected chi connectivity index (χ4v) is 2.10. The number of nitrogen functional groups attached to an aromatic ring is 1. The number of hydrogen-bond donors (Lipinski definition) is 3. The Kier molecular flexibility index (Phi) is 4.49.